The summed E-state index contributed by atoms with van der Waals surface area (Å²) in [6, 6.07) is 9.32. The molecule has 2 rings (SSSR count). The van der Waals surface area contributed by atoms with Crippen molar-refractivity contribution >= 4 is 6.29 Å². The Morgan fingerprint density at radius 2 is 2.00 bits per heavy atom. The van der Waals surface area contributed by atoms with Crippen LogP contribution < -0.4 is 0 Å². The number of benzene rings is 1. The Balaban J connectivity index is 2.03. The molecule has 1 heterocycles. The third-order valence-electron chi connectivity index (χ3n) is 2.91. The Morgan fingerprint density at radius 3 is 2.67 bits per heavy atom. The van der Waals surface area contributed by atoms with Crippen molar-refractivity contribution < 1.29 is 24.5 Å². The lowest BCUT2D eigenvalue weighted by molar-refractivity contribution is -0.244. The van der Waals surface area contributed by atoms with Gasteiger partial charge in [0.1, 0.15) is 12.2 Å². The quantitative estimate of drug-likeness (QED) is 0.759. The highest BCUT2D eigenvalue weighted by molar-refractivity contribution is 5.56. The van der Waals surface area contributed by atoms with E-state index in [1.807, 2.05) is 30.3 Å². The van der Waals surface area contributed by atoms with Gasteiger partial charge in [-0.25, -0.2) is 0 Å². The van der Waals surface area contributed by atoms with E-state index in [4.69, 9.17) is 9.47 Å². The van der Waals surface area contributed by atoms with Crippen LogP contribution in [0.5, 0.6) is 0 Å². The van der Waals surface area contributed by atoms with Gasteiger partial charge in [-0.2, -0.15) is 0 Å². The van der Waals surface area contributed by atoms with E-state index in [0.717, 1.165) is 5.56 Å². The molecule has 4 unspecified atom stereocenters. The first-order valence-electron chi connectivity index (χ1n) is 5.86. The van der Waals surface area contributed by atoms with Gasteiger partial charge in [0.25, 0.3) is 0 Å². The molecule has 98 valence electrons. The fourth-order valence-corrected chi connectivity index (χ4v) is 1.89. The maximum absolute atomic E-state index is 10.4. The van der Waals surface area contributed by atoms with Crippen LogP contribution in [-0.4, -0.2) is 41.4 Å². The molecule has 1 aromatic carbocycles. The van der Waals surface area contributed by atoms with Crippen LogP contribution in [0.2, 0.25) is 0 Å². The first-order valence-corrected chi connectivity index (χ1v) is 5.86. The predicted molar refractivity (Wildman–Crippen MR) is 62.7 cm³/mol. The summed E-state index contributed by atoms with van der Waals surface area (Å²) < 4.78 is 11.0. The van der Waals surface area contributed by atoms with Crippen molar-refractivity contribution in [3.8, 4) is 0 Å². The van der Waals surface area contributed by atoms with Gasteiger partial charge >= 0.3 is 0 Å². The van der Waals surface area contributed by atoms with Gasteiger partial charge in [0.05, 0.1) is 12.7 Å². The minimum atomic E-state index is -1.43. The van der Waals surface area contributed by atoms with Crippen LogP contribution in [0.1, 0.15) is 18.3 Å². The van der Waals surface area contributed by atoms with Crippen molar-refractivity contribution in [3.63, 3.8) is 0 Å². The molecular weight excluding hydrogens is 236 g/mol. The summed E-state index contributed by atoms with van der Waals surface area (Å²) in [6.07, 6.45) is -3.08. The summed E-state index contributed by atoms with van der Waals surface area (Å²) in [5.74, 6) is 0. The van der Waals surface area contributed by atoms with Gasteiger partial charge in [-0.3, -0.25) is 0 Å². The smallest absolute Gasteiger partial charge is 0.184 e. The van der Waals surface area contributed by atoms with Crippen LogP contribution in [0.25, 0.3) is 0 Å². The Kier molecular flexibility index (Phi) is 4.43. The highest BCUT2D eigenvalue weighted by Gasteiger charge is 2.33. The van der Waals surface area contributed by atoms with E-state index in [1.165, 1.54) is 0 Å². The molecule has 0 aromatic heterocycles. The van der Waals surface area contributed by atoms with Crippen LogP contribution in [0, 0.1) is 0 Å². The summed E-state index contributed by atoms with van der Waals surface area (Å²) in [5, 5.41) is 19.0. The monoisotopic (exact) mass is 252 g/mol. The number of hydrogen-bond donors (Lipinski definition) is 2. The lowest BCUT2D eigenvalue weighted by Crippen LogP contribution is -2.43. The fourth-order valence-electron chi connectivity index (χ4n) is 1.89. The summed E-state index contributed by atoms with van der Waals surface area (Å²) in [5.41, 5.74) is 0.843. The maximum Gasteiger partial charge on any atom is 0.184 e. The van der Waals surface area contributed by atoms with Gasteiger partial charge in [0.15, 0.2) is 12.6 Å². The van der Waals surface area contributed by atoms with E-state index in [0.29, 0.717) is 19.3 Å². The highest BCUT2D eigenvalue weighted by atomic mass is 16.7. The van der Waals surface area contributed by atoms with E-state index >= 15 is 0 Å². The number of aliphatic hydroxyl groups is 2. The third-order valence-corrected chi connectivity index (χ3v) is 2.91. The van der Waals surface area contributed by atoms with Crippen LogP contribution in [0.4, 0.5) is 0 Å². The Morgan fingerprint density at radius 1 is 1.28 bits per heavy atom. The maximum atomic E-state index is 10.4. The summed E-state index contributed by atoms with van der Waals surface area (Å²) in [4.78, 5) is 10.4. The average molecular weight is 252 g/mol. The number of carbonyl (C=O) groups excluding carboxylic acids is 1. The molecule has 0 radical (unpaired) electrons. The summed E-state index contributed by atoms with van der Waals surface area (Å²) in [6.45, 7) is 0.410. The number of aldehydes is 1. The molecule has 1 fully saturated rings. The lowest BCUT2D eigenvalue weighted by atomic mass is 10.0. The van der Waals surface area contributed by atoms with Gasteiger partial charge in [0.2, 0.25) is 0 Å². The molecule has 0 spiro atoms. The minimum absolute atomic E-state index is 0.307. The van der Waals surface area contributed by atoms with E-state index in [-0.39, 0.29) is 0 Å². The molecule has 0 bridgehead atoms. The first-order chi connectivity index (χ1) is 8.72. The molecule has 0 amide bonds. The molecule has 1 saturated heterocycles. The van der Waals surface area contributed by atoms with Gasteiger partial charge in [-0.05, 0) is 6.42 Å². The highest BCUT2D eigenvalue weighted by Crippen LogP contribution is 2.27. The van der Waals surface area contributed by atoms with Crippen LogP contribution in [0.3, 0.4) is 0 Å². The molecule has 1 aliphatic heterocycles. The Labute approximate surface area is 105 Å². The van der Waals surface area contributed by atoms with Crippen molar-refractivity contribution in [1.82, 2.24) is 0 Å². The standard InChI is InChI=1S/C13H16O5/c14-8-10(15)12(16)11-6-7-17-13(18-11)9-4-2-1-3-5-9/h1-5,8,10-13,15-16H,6-7H2. The second-order valence-corrected chi connectivity index (χ2v) is 4.19. The minimum Gasteiger partial charge on any atom is -0.387 e. The van der Waals surface area contributed by atoms with Gasteiger partial charge in [-0.1, -0.05) is 30.3 Å². The van der Waals surface area contributed by atoms with Crippen molar-refractivity contribution in [3.05, 3.63) is 35.9 Å². The van der Waals surface area contributed by atoms with Crippen molar-refractivity contribution in [2.75, 3.05) is 6.61 Å². The SMILES string of the molecule is O=CC(O)C(O)C1CCOC(c2ccccc2)O1. The molecule has 4 atom stereocenters. The predicted octanol–water partition coefficient (Wildman–Crippen LogP) is 0.411. The molecular formula is C13H16O5. The van der Waals surface area contributed by atoms with Crippen molar-refractivity contribution in [1.29, 1.82) is 0 Å². The molecule has 0 aliphatic carbocycles. The fraction of sp³-hybridized carbons (Fsp3) is 0.462. The summed E-state index contributed by atoms with van der Waals surface area (Å²) >= 11 is 0. The van der Waals surface area contributed by atoms with Gasteiger partial charge < -0.3 is 24.5 Å². The molecule has 2 N–H and O–H groups in total. The third kappa shape index (κ3) is 2.94. The molecule has 5 nitrogen and oxygen atoms in total. The number of hydrogen-bond acceptors (Lipinski definition) is 5. The average Bonchev–Trinajstić information content (AvgIpc) is 2.46. The first kappa shape index (κ1) is 13.2. The lowest BCUT2D eigenvalue weighted by Gasteiger charge is -2.33. The van der Waals surface area contributed by atoms with Crippen LogP contribution in [0.15, 0.2) is 30.3 Å². The zero-order valence-electron chi connectivity index (χ0n) is 9.81. The van der Waals surface area contributed by atoms with Crippen molar-refractivity contribution in [2.45, 2.75) is 31.0 Å². The van der Waals surface area contributed by atoms with E-state index in [9.17, 15) is 15.0 Å². The number of aliphatic hydroxyl groups excluding tert-OH is 2. The number of rotatable bonds is 4. The molecule has 1 aliphatic rings. The topological polar surface area (TPSA) is 76.0 Å². The molecule has 1 aromatic rings. The van der Waals surface area contributed by atoms with Gasteiger partial charge in [-0.15, -0.1) is 0 Å². The molecule has 18 heavy (non-hydrogen) atoms. The summed E-state index contributed by atoms with van der Waals surface area (Å²) in [7, 11) is 0. The van der Waals surface area contributed by atoms with E-state index in [1.54, 1.807) is 0 Å². The molecule has 5 heteroatoms. The number of ether oxygens (including phenoxy) is 2. The normalized spacial score (nSPS) is 27.4. The zero-order chi connectivity index (χ0) is 13.0. The van der Waals surface area contributed by atoms with E-state index in [2.05, 4.69) is 0 Å². The van der Waals surface area contributed by atoms with E-state index < -0.39 is 24.6 Å². The largest absolute Gasteiger partial charge is 0.387 e. The Hall–Kier alpha value is -1.27. The van der Waals surface area contributed by atoms with Crippen molar-refractivity contribution in [2.24, 2.45) is 0 Å². The zero-order valence-corrected chi connectivity index (χ0v) is 9.81. The number of carbonyl (C=O) groups is 1. The van der Waals surface area contributed by atoms with Crippen LogP contribution >= 0.6 is 0 Å². The second kappa shape index (κ2) is 6.06. The second-order valence-electron chi connectivity index (χ2n) is 4.19. The van der Waals surface area contributed by atoms with Gasteiger partial charge in [0, 0.05) is 5.56 Å². The Bertz CT molecular complexity index is 380. The van der Waals surface area contributed by atoms with Crippen LogP contribution in [-0.2, 0) is 14.3 Å². The molecule has 0 saturated carbocycles.